The van der Waals surface area contributed by atoms with Crippen molar-refractivity contribution in [1.29, 1.82) is 0 Å². The standard InChI is InChI=1S/C25H31N3O4/c1-4-18-5-8-20(9-6-18)21-10-12-25(30)28(27-21)16-14-24(29)26-15-13-19-7-11-22(31-2)23(17-19)32-3/h5-11,17,27H,4,12-16H2,1-3H3,(H,26,29). The number of ether oxygens (including phenoxy) is 2. The van der Waals surface area contributed by atoms with Crippen LogP contribution in [0.1, 0.15) is 36.5 Å². The number of benzene rings is 2. The van der Waals surface area contributed by atoms with Crippen molar-refractivity contribution < 1.29 is 19.1 Å². The number of carbonyl (C=O) groups excluding carboxylic acids is 2. The third kappa shape index (κ3) is 6.03. The molecule has 0 fully saturated rings. The van der Waals surface area contributed by atoms with Gasteiger partial charge in [0.1, 0.15) is 0 Å². The minimum Gasteiger partial charge on any atom is -0.493 e. The van der Waals surface area contributed by atoms with Crippen molar-refractivity contribution >= 4 is 17.5 Å². The fourth-order valence-corrected chi connectivity index (χ4v) is 3.52. The molecule has 2 aromatic carbocycles. The Labute approximate surface area is 189 Å². The minimum absolute atomic E-state index is 0.0444. The van der Waals surface area contributed by atoms with Crippen LogP contribution in [0.5, 0.6) is 11.5 Å². The minimum atomic E-state index is -0.0940. The maximum atomic E-state index is 12.3. The summed E-state index contributed by atoms with van der Waals surface area (Å²) in [5, 5.41) is 4.44. The highest BCUT2D eigenvalue weighted by Gasteiger charge is 2.20. The summed E-state index contributed by atoms with van der Waals surface area (Å²) < 4.78 is 10.6. The van der Waals surface area contributed by atoms with Crippen LogP contribution in [-0.4, -0.2) is 44.1 Å². The molecule has 0 aliphatic carbocycles. The molecular formula is C25H31N3O4. The van der Waals surface area contributed by atoms with Crippen molar-refractivity contribution in [3.63, 3.8) is 0 Å². The van der Waals surface area contributed by atoms with E-state index in [1.807, 2.05) is 36.4 Å². The van der Waals surface area contributed by atoms with Crippen LogP contribution in [0.3, 0.4) is 0 Å². The Morgan fingerprint density at radius 3 is 2.47 bits per heavy atom. The Morgan fingerprint density at radius 2 is 1.78 bits per heavy atom. The molecule has 1 aliphatic heterocycles. The molecule has 0 bridgehead atoms. The molecule has 0 aromatic heterocycles. The number of methoxy groups -OCH3 is 2. The van der Waals surface area contributed by atoms with Gasteiger partial charge in [-0.1, -0.05) is 37.3 Å². The lowest BCUT2D eigenvalue weighted by Gasteiger charge is -2.29. The largest absolute Gasteiger partial charge is 0.493 e. The lowest BCUT2D eigenvalue weighted by molar-refractivity contribution is -0.133. The number of amides is 2. The summed E-state index contributed by atoms with van der Waals surface area (Å²) >= 11 is 0. The fraction of sp³-hybridized carbons (Fsp3) is 0.360. The Balaban J connectivity index is 1.45. The second kappa shape index (κ2) is 11.2. The normalized spacial score (nSPS) is 13.3. The third-order valence-corrected chi connectivity index (χ3v) is 5.46. The SMILES string of the molecule is CCc1ccc(C2=CCC(=O)N(CCC(=O)NCCc3ccc(OC)c(OC)c3)N2)cc1. The van der Waals surface area contributed by atoms with Crippen LogP contribution >= 0.6 is 0 Å². The maximum Gasteiger partial charge on any atom is 0.244 e. The summed E-state index contributed by atoms with van der Waals surface area (Å²) in [6.45, 7) is 2.93. The van der Waals surface area contributed by atoms with E-state index >= 15 is 0 Å². The first-order valence-corrected chi connectivity index (χ1v) is 10.9. The molecule has 2 N–H and O–H groups in total. The number of rotatable bonds is 10. The van der Waals surface area contributed by atoms with Gasteiger partial charge in [-0.3, -0.25) is 20.0 Å². The average molecular weight is 438 g/mol. The summed E-state index contributed by atoms with van der Waals surface area (Å²) in [7, 11) is 3.20. The van der Waals surface area contributed by atoms with Crippen molar-refractivity contribution in [3.8, 4) is 11.5 Å². The predicted molar refractivity (Wildman–Crippen MR) is 124 cm³/mol. The molecule has 0 saturated heterocycles. The van der Waals surface area contributed by atoms with Gasteiger partial charge < -0.3 is 14.8 Å². The predicted octanol–water partition coefficient (Wildman–Crippen LogP) is 3.09. The van der Waals surface area contributed by atoms with Gasteiger partial charge in [0.2, 0.25) is 11.8 Å². The van der Waals surface area contributed by atoms with Crippen LogP contribution in [0.2, 0.25) is 0 Å². The number of aryl methyl sites for hydroxylation is 1. The zero-order valence-electron chi connectivity index (χ0n) is 18.9. The summed E-state index contributed by atoms with van der Waals surface area (Å²) in [5.41, 5.74) is 7.38. The Morgan fingerprint density at radius 1 is 1.06 bits per heavy atom. The van der Waals surface area contributed by atoms with Crippen molar-refractivity contribution in [2.75, 3.05) is 27.3 Å². The molecule has 0 unspecified atom stereocenters. The number of hydrazine groups is 1. The molecule has 0 radical (unpaired) electrons. The van der Waals surface area contributed by atoms with E-state index in [0.29, 0.717) is 37.4 Å². The highest BCUT2D eigenvalue weighted by molar-refractivity contribution is 5.84. The quantitative estimate of drug-likeness (QED) is 0.597. The van der Waals surface area contributed by atoms with E-state index in [0.717, 1.165) is 23.2 Å². The van der Waals surface area contributed by atoms with Gasteiger partial charge in [-0.25, -0.2) is 0 Å². The van der Waals surface area contributed by atoms with E-state index in [2.05, 4.69) is 29.8 Å². The second-order valence-electron chi connectivity index (χ2n) is 7.57. The highest BCUT2D eigenvalue weighted by Crippen LogP contribution is 2.27. The number of nitrogens with one attached hydrogen (secondary N) is 2. The van der Waals surface area contributed by atoms with Crippen LogP contribution in [0.4, 0.5) is 0 Å². The number of hydrogen-bond donors (Lipinski definition) is 2. The molecule has 0 spiro atoms. The second-order valence-corrected chi connectivity index (χ2v) is 7.57. The molecule has 7 nitrogen and oxygen atoms in total. The Kier molecular flexibility index (Phi) is 8.14. The van der Waals surface area contributed by atoms with Crippen LogP contribution in [-0.2, 0) is 22.4 Å². The van der Waals surface area contributed by atoms with E-state index in [9.17, 15) is 9.59 Å². The lowest BCUT2D eigenvalue weighted by atomic mass is 10.1. The van der Waals surface area contributed by atoms with Crippen molar-refractivity contribution in [3.05, 3.63) is 65.2 Å². The first kappa shape index (κ1) is 23.2. The van der Waals surface area contributed by atoms with Gasteiger partial charge in [0, 0.05) is 19.4 Å². The van der Waals surface area contributed by atoms with Crippen LogP contribution in [0.15, 0.2) is 48.5 Å². The molecule has 1 aliphatic rings. The van der Waals surface area contributed by atoms with Crippen LogP contribution < -0.4 is 20.2 Å². The fourth-order valence-electron chi connectivity index (χ4n) is 3.52. The molecular weight excluding hydrogens is 406 g/mol. The molecule has 7 heteroatoms. The van der Waals surface area contributed by atoms with E-state index in [1.165, 1.54) is 10.6 Å². The van der Waals surface area contributed by atoms with Gasteiger partial charge in [-0.2, -0.15) is 0 Å². The van der Waals surface area contributed by atoms with E-state index in [4.69, 9.17) is 9.47 Å². The zero-order valence-corrected chi connectivity index (χ0v) is 18.9. The lowest BCUT2D eigenvalue weighted by Crippen LogP contribution is -2.46. The average Bonchev–Trinajstić information content (AvgIpc) is 2.83. The van der Waals surface area contributed by atoms with Gasteiger partial charge in [0.15, 0.2) is 11.5 Å². The van der Waals surface area contributed by atoms with Gasteiger partial charge in [-0.05, 0) is 47.7 Å². The molecule has 0 saturated carbocycles. The maximum absolute atomic E-state index is 12.3. The highest BCUT2D eigenvalue weighted by atomic mass is 16.5. The van der Waals surface area contributed by atoms with Crippen molar-refractivity contribution in [2.24, 2.45) is 0 Å². The van der Waals surface area contributed by atoms with Crippen LogP contribution in [0, 0.1) is 0 Å². The topological polar surface area (TPSA) is 79.9 Å². The van der Waals surface area contributed by atoms with E-state index < -0.39 is 0 Å². The molecule has 32 heavy (non-hydrogen) atoms. The molecule has 2 amide bonds. The molecule has 0 atom stereocenters. The van der Waals surface area contributed by atoms with Gasteiger partial charge in [0.05, 0.1) is 26.5 Å². The first-order valence-electron chi connectivity index (χ1n) is 10.9. The van der Waals surface area contributed by atoms with Gasteiger partial charge >= 0.3 is 0 Å². The summed E-state index contributed by atoms with van der Waals surface area (Å²) in [6.07, 6.45) is 4.10. The molecule has 1 heterocycles. The molecule has 2 aromatic rings. The Bertz CT molecular complexity index is 970. The van der Waals surface area contributed by atoms with Gasteiger partial charge in [-0.15, -0.1) is 0 Å². The molecule has 3 rings (SSSR count). The third-order valence-electron chi connectivity index (χ3n) is 5.46. The zero-order chi connectivity index (χ0) is 22.9. The number of carbonyl (C=O) groups is 2. The van der Waals surface area contributed by atoms with Crippen LogP contribution in [0.25, 0.3) is 5.70 Å². The first-order chi connectivity index (χ1) is 15.5. The number of hydrogen-bond acceptors (Lipinski definition) is 5. The van der Waals surface area contributed by atoms with Crippen molar-refractivity contribution in [1.82, 2.24) is 15.8 Å². The number of nitrogens with zero attached hydrogens (tertiary/aromatic N) is 1. The van der Waals surface area contributed by atoms with Gasteiger partial charge in [0.25, 0.3) is 0 Å². The summed E-state index contributed by atoms with van der Waals surface area (Å²) in [4.78, 5) is 24.6. The monoisotopic (exact) mass is 437 g/mol. The van der Waals surface area contributed by atoms with E-state index in [-0.39, 0.29) is 18.2 Å². The smallest absolute Gasteiger partial charge is 0.244 e. The molecule has 170 valence electrons. The van der Waals surface area contributed by atoms with Crippen molar-refractivity contribution in [2.45, 2.75) is 32.6 Å². The Hall–Kier alpha value is -3.48. The van der Waals surface area contributed by atoms with E-state index in [1.54, 1.807) is 14.2 Å². The summed E-state index contributed by atoms with van der Waals surface area (Å²) in [6, 6.07) is 14.0. The summed E-state index contributed by atoms with van der Waals surface area (Å²) in [5.74, 6) is 1.20.